The van der Waals surface area contributed by atoms with Crippen LogP contribution in [0.5, 0.6) is 0 Å². The van der Waals surface area contributed by atoms with Crippen LogP contribution in [0.1, 0.15) is 24.3 Å². The van der Waals surface area contributed by atoms with Gasteiger partial charge in [-0.25, -0.2) is 0 Å². The Hall–Kier alpha value is -2.06. The molecule has 1 aromatic carbocycles. The first-order valence-electron chi connectivity index (χ1n) is 8.11. The average Bonchev–Trinajstić information content (AvgIpc) is 3.08. The van der Waals surface area contributed by atoms with Gasteiger partial charge in [0, 0.05) is 18.8 Å². The van der Waals surface area contributed by atoms with E-state index in [1.807, 2.05) is 36.9 Å². The molecule has 4 nitrogen and oxygen atoms in total. The summed E-state index contributed by atoms with van der Waals surface area (Å²) in [5.74, 6) is 0.733. The highest BCUT2D eigenvalue weighted by atomic mass is 32.1. The van der Waals surface area contributed by atoms with Gasteiger partial charge in [0.15, 0.2) is 5.11 Å². The minimum Gasteiger partial charge on any atom is -0.467 e. The topological polar surface area (TPSA) is 31.7 Å². The molecule has 0 saturated heterocycles. The molecule has 0 spiro atoms. The molecule has 1 atom stereocenters. The molecule has 0 aliphatic rings. The molecular weight excluding hydrogens is 363 g/mol. The van der Waals surface area contributed by atoms with E-state index in [1.165, 1.54) is 6.07 Å². The summed E-state index contributed by atoms with van der Waals surface area (Å²) >= 11 is 5.47. The number of likely N-dealkylation sites (N-methyl/N-ethyl adjacent to an activating group) is 1. The Labute approximate surface area is 156 Å². The lowest BCUT2D eigenvalue weighted by atomic mass is 10.2. The molecule has 2 rings (SSSR count). The van der Waals surface area contributed by atoms with Gasteiger partial charge >= 0.3 is 6.18 Å². The van der Waals surface area contributed by atoms with E-state index < -0.39 is 11.7 Å². The van der Waals surface area contributed by atoms with Crippen LogP contribution in [0.25, 0.3) is 0 Å². The number of alkyl halides is 3. The Morgan fingerprint density at radius 3 is 2.50 bits per heavy atom. The molecule has 0 amide bonds. The molecule has 8 heteroatoms. The minimum absolute atomic E-state index is 0.157. The van der Waals surface area contributed by atoms with Gasteiger partial charge in [0.2, 0.25) is 0 Å². The number of nitrogens with zero attached hydrogens (tertiary/aromatic N) is 2. The number of hydrogen-bond donors (Lipinski definition) is 1. The molecule has 2 aromatic rings. The molecule has 1 unspecified atom stereocenters. The van der Waals surface area contributed by atoms with Crippen molar-refractivity contribution in [2.75, 3.05) is 32.5 Å². The first-order chi connectivity index (χ1) is 12.2. The fourth-order valence-electron chi connectivity index (χ4n) is 2.43. The second kappa shape index (κ2) is 8.55. The minimum atomic E-state index is -4.40. The van der Waals surface area contributed by atoms with E-state index in [0.29, 0.717) is 17.3 Å². The highest BCUT2D eigenvalue weighted by Crippen LogP contribution is 2.31. The average molecular weight is 385 g/mol. The van der Waals surface area contributed by atoms with Crippen molar-refractivity contribution >= 4 is 23.0 Å². The van der Waals surface area contributed by atoms with Gasteiger partial charge in [0.25, 0.3) is 0 Å². The van der Waals surface area contributed by atoms with Gasteiger partial charge in [0.05, 0.1) is 17.9 Å². The fourth-order valence-corrected chi connectivity index (χ4v) is 2.80. The van der Waals surface area contributed by atoms with Crippen LogP contribution in [0.3, 0.4) is 0 Å². The molecule has 0 aliphatic carbocycles. The zero-order chi connectivity index (χ0) is 19.3. The van der Waals surface area contributed by atoms with Crippen LogP contribution in [0, 0.1) is 0 Å². The van der Waals surface area contributed by atoms with Crippen molar-refractivity contribution in [2.24, 2.45) is 0 Å². The number of hydrogen-bond acceptors (Lipinski definition) is 3. The van der Waals surface area contributed by atoms with Gasteiger partial charge < -0.3 is 19.5 Å². The van der Waals surface area contributed by atoms with Crippen molar-refractivity contribution < 1.29 is 17.6 Å². The summed E-state index contributed by atoms with van der Waals surface area (Å²) in [6.45, 7) is 3.27. The molecule has 26 heavy (non-hydrogen) atoms. The van der Waals surface area contributed by atoms with Crippen molar-refractivity contribution in [1.82, 2.24) is 9.80 Å². The van der Waals surface area contributed by atoms with Crippen LogP contribution in [0.15, 0.2) is 47.1 Å². The summed E-state index contributed by atoms with van der Waals surface area (Å²) in [5.41, 5.74) is -0.421. The Kier molecular flexibility index (Phi) is 6.66. The van der Waals surface area contributed by atoms with Crippen LogP contribution in [-0.2, 0) is 6.18 Å². The zero-order valence-electron chi connectivity index (χ0n) is 14.9. The molecular formula is C18H22F3N3OS. The van der Waals surface area contributed by atoms with E-state index in [0.717, 1.165) is 24.4 Å². The van der Waals surface area contributed by atoms with E-state index in [2.05, 4.69) is 5.32 Å². The number of thiocarbonyl (C=S) groups is 1. The number of furan rings is 1. The molecule has 0 aliphatic heterocycles. The lowest BCUT2D eigenvalue weighted by Crippen LogP contribution is -2.40. The highest BCUT2D eigenvalue weighted by Gasteiger charge is 2.30. The predicted octanol–water partition coefficient (Wildman–Crippen LogP) is 4.62. The third-order valence-electron chi connectivity index (χ3n) is 3.91. The van der Waals surface area contributed by atoms with Gasteiger partial charge in [-0.05, 0) is 63.6 Å². The molecule has 1 heterocycles. The lowest BCUT2D eigenvalue weighted by Gasteiger charge is -2.31. The van der Waals surface area contributed by atoms with Crippen LogP contribution in [0.2, 0.25) is 0 Å². The quantitative estimate of drug-likeness (QED) is 0.734. The predicted molar refractivity (Wildman–Crippen MR) is 100 cm³/mol. The van der Waals surface area contributed by atoms with Crippen molar-refractivity contribution in [3.63, 3.8) is 0 Å². The maximum atomic E-state index is 12.9. The Morgan fingerprint density at radius 1 is 1.19 bits per heavy atom. The first kappa shape index (κ1) is 20.3. The Balaban J connectivity index is 2.18. The van der Waals surface area contributed by atoms with Gasteiger partial charge in [-0.3, -0.25) is 0 Å². The third-order valence-corrected chi connectivity index (χ3v) is 4.25. The highest BCUT2D eigenvalue weighted by molar-refractivity contribution is 7.80. The fraction of sp³-hybridized carbons (Fsp3) is 0.389. The Bertz CT molecular complexity index is 717. The molecule has 0 bridgehead atoms. The van der Waals surface area contributed by atoms with Gasteiger partial charge in [-0.1, -0.05) is 6.07 Å². The van der Waals surface area contributed by atoms with Gasteiger partial charge in [-0.2, -0.15) is 13.2 Å². The number of nitrogens with one attached hydrogen (secondary N) is 1. The molecule has 1 N–H and O–H groups in total. The number of benzene rings is 1. The SMILES string of the molecule is CC(c1ccco1)N(CCN(C)C)C(=S)Nc1cccc(C(F)(F)F)c1. The number of rotatable bonds is 6. The molecule has 0 radical (unpaired) electrons. The van der Waals surface area contributed by atoms with Crippen molar-refractivity contribution in [3.05, 3.63) is 54.0 Å². The summed E-state index contributed by atoms with van der Waals surface area (Å²) in [5, 5.41) is 3.26. The van der Waals surface area contributed by atoms with Crippen LogP contribution >= 0.6 is 12.2 Å². The van der Waals surface area contributed by atoms with Crippen molar-refractivity contribution in [1.29, 1.82) is 0 Å². The van der Waals surface area contributed by atoms with Crippen LogP contribution in [-0.4, -0.2) is 42.1 Å². The van der Waals surface area contributed by atoms with Gasteiger partial charge in [-0.15, -0.1) is 0 Å². The summed E-state index contributed by atoms with van der Waals surface area (Å²) in [4.78, 5) is 3.91. The summed E-state index contributed by atoms with van der Waals surface area (Å²) in [6.07, 6.45) is -2.81. The summed E-state index contributed by atoms with van der Waals surface area (Å²) in [6, 6.07) is 8.48. The first-order valence-corrected chi connectivity index (χ1v) is 8.52. The normalized spacial score (nSPS) is 12.9. The van der Waals surface area contributed by atoms with Crippen molar-refractivity contribution in [2.45, 2.75) is 19.1 Å². The van der Waals surface area contributed by atoms with Crippen LogP contribution in [0.4, 0.5) is 18.9 Å². The number of anilines is 1. The smallest absolute Gasteiger partial charge is 0.416 e. The zero-order valence-corrected chi connectivity index (χ0v) is 15.7. The molecule has 0 saturated carbocycles. The van der Waals surface area contributed by atoms with E-state index in [9.17, 15) is 13.2 Å². The van der Waals surface area contributed by atoms with E-state index in [4.69, 9.17) is 16.6 Å². The van der Waals surface area contributed by atoms with Gasteiger partial charge in [0.1, 0.15) is 5.76 Å². The van der Waals surface area contributed by atoms with E-state index in [1.54, 1.807) is 18.4 Å². The lowest BCUT2D eigenvalue weighted by molar-refractivity contribution is -0.137. The molecule has 0 fully saturated rings. The van der Waals surface area contributed by atoms with Crippen molar-refractivity contribution in [3.8, 4) is 0 Å². The monoisotopic (exact) mass is 385 g/mol. The number of halogens is 3. The summed E-state index contributed by atoms with van der Waals surface area (Å²) in [7, 11) is 3.89. The van der Waals surface area contributed by atoms with Crippen LogP contribution < -0.4 is 5.32 Å². The van der Waals surface area contributed by atoms with E-state index >= 15 is 0 Å². The second-order valence-electron chi connectivity index (χ2n) is 6.20. The maximum absolute atomic E-state index is 12.9. The summed E-state index contributed by atoms with van der Waals surface area (Å²) < 4.78 is 44.2. The Morgan fingerprint density at radius 2 is 1.92 bits per heavy atom. The largest absolute Gasteiger partial charge is 0.467 e. The molecule has 142 valence electrons. The molecule has 1 aromatic heterocycles. The maximum Gasteiger partial charge on any atom is 0.416 e. The van der Waals surface area contributed by atoms with E-state index in [-0.39, 0.29) is 6.04 Å². The third kappa shape index (κ3) is 5.47. The standard InChI is InChI=1S/C18H22F3N3OS/c1-13(16-8-5-11-25-16)24(10-9-23(2)3)17(26)22-15-7-4-6-14(12-15)18(19,20)21/h4-8,11-13H,9-10H2,1-3H3,(H,22,26). The second-order valence-corrected chi connectivity index (χ2v) is 6.58.